The fourth-order valence-electron chi connectivity index (χ4n) is 7.39. The first kappa shape index (κ1) is 28.8. The van der Waals surface area contributed by atoms with Crippen LogP contribution in [0.2, 0.25) is 0 Å². The molecule has 7 aromatic carbocycles. The molecule has 0 aliphatic heterocycles. The fraction of sp³-hybridized carbons (Fsp3) is 0. The first-order valence-corrected chi connectivity index (χ1v) is 16.3. The van der Waals surface area contributed by atoms with E-state index in [1.165, 1.54) is 10.8 Å². The van der Waals surface area contributed by atoms with E-state index in [1.807, 2.05) is 60.7 Å². The molecule has 9 aromatic rings. The Morgan fingerprint density at radius 3 is 1.78 bits per heavy atom. The van der Waals surface area contributed by atoms with Crippen molar-refractivity contribution in [2.75, 3.05) is 0 Å². The summed E-state index contributed by atoms with van der Waals surface area (Å²) in [6.07, 6.45) is 0. The molecule has 0 N–H and O–H groups in total. The molecule has 0 fully saturated rings. The first-order valence-electron chi connectivity index (χ1n) is 16.3. The predicted molar refractivity (Wildman–Crippen MR) is 200 cm³/mol. The van der Waals surface area contributed by atoms with E-state index in [4.69, 9.17) is 0 Å². The number of nitrogens with zero attached hydrogens (tertiary/aromatic N) is 5. The number of hydrogen-bond donors (Lipinski definition) is 0. The average Bonchev–Trinajstić information content (AvgIpc) is 3.69. The lowest BCUT2D eigenvalue weighted by atomic mass is 9.94. The van der Waals surface area contributed by atoms with Crippen LogP contribution < -0.4 is 0 Å². The van der Waals surface area contributed by atoms with E-state index in [0.29, 0.717) is 16.7 Å². The van der Waals surface area contributed by atoms with Crippen LogP contribution in [0.15, 0.2) is 152 Å². The predicted octanol–water partition coefficient (Wildman–Crippen LogP) is 10.8. The van der Waals surface area contributed by atoms with Gasteiger partial charge in [0.1, 0.15) is 0 Å². The summed E-state index contributed by atoms with van der Waals surface area (Å²) in [5.41, 5.74) is 11.5. The molecule has 0 saturated carbocycles. The molecule has 5 heteroatoms. The average molecular weight is 636 g/mol. The van der Waals surface area contributed by atoms with Gasteiger partial charge in [-0.25, -0.2) is 0 Å². The highest BCUT2D eigenvalue weighted by Crippen LogP contribution is 2.39. The minimum absolute atomic E-state index is 0.559. The van der Waals surface area contributed by atoms with Gasteiger partial charge in [-0.05, 0) is 83.9 Å². The van der Waals surface area contributed by atoms with Gasteiger partial charge >= 0.3 is 0 Å². The zero-order valence-corrected chi connectivity index (χ0v) is 26.7. The van der Waals surface area contributed by atoms with Crippen molar-refractivity contribution < 1.29 is 0 Å². The van der Waals surface area contributed by atoms with Crippen molar-refractivity contribution >= 4 is 43.6 Å². The van der Waals surface area contributed by atoms with E-state index in [2.05, 4.69) is 118 Å². The van der Waals surface area contributed by atoms with Gasteiger partial charge in [0.05, 0.1) is 62.7 Å². The van der Waals surface area contributed by atoms with E-state index < -0.39 is 0 Å². The molecule has 0 atom stereocenters. The summed E-state index contributed by atoms with van der Waals surface area (Å²) >= 11 is 0. The Labute approximate surface area is 287 Å². The minimum Gasteiger partial charge on any atom is -0.309 e. The maximum absolute atomic E-state index is 10.3. The van der Waals surface area contributed by atoms with Crippen molar-refractivity contribution in [1.29, 1.82) is 15.8 Å². The number of hydrogen-bond acceptors (Lipinski definition) is 3. The molecule has 0 spiro atoms. The van der Waals surface area contributed by atoms with Gasteiger partial charge in [0, 0.05) is 38.4 Å². The normalized spacial score (nSPS) is 11.1. The first-order chi connectivity index (χ1) is 24.7. The second kappa shape index (κ2) is 11.4. The molecule has 0 amide bonds. The summed E-state index contributed by atoms with van der Waals surface area (Å²) in [6.45, 7) is 0. The van der Waals surface area contributed by atoms with Gasteiger partial charge in [-0.2, -0.15) is 15.8 Å². The van der Waals surface area contributed by atoms with E-state index in [-0.39, 0.29) is 0 Å². The van der Waals surface area contributed by atoms with Crippen LogP contribution in [0.5, 0.6) is 0 Å². The number of rotatable bonds is 4. The molecule has 2 heterocycles. The van der Waals surface area contributed by atoms with Crippen molar-refractivity contribution in [3.05, 3.63) is 168 Å². The zero-order chi connectivity index (χ0) is 33.8. The molecule has 0 bridgehead atoms. The molecule has 0 aliphatic rings. The highest BCUT2D eigenvalue weighted by molar-refractivity contribution is 6.11. The Balaban J connectivity index is 1.24. The van der Waals surface area contributed by atoms with Gasteiger partial charge in [-0.15, -0.1) is 0 Å². The molecular formula is C45H25N5. The van der Waals surface area contributed by atoms with Crippen molar-refractivity contribution in [2.24, 2.45) is 0 Å². The van der Waals surface area contributed by atoms with Crippen LogP contribution in [0.1, 0.15) is 16.7 Å². The maximum Gasteiger partial charge on any atom is 0.0998 e. The van der Waals surface area contributed by atoms with Crippen LogP contribution in [0.3, 0.4) is 0 Å². The van der Waals surface area contributed by atoms with Gasteiger partial charge in [-0.1, -0.05) is 78.9 Å². The van der Waals surface area contributed by atoms with Crippen LogP contribution in [0.4, 0.5) is 0 Å². The molecule has 230 valence electrons. The fourth-order valence-corrected chi connectivity index (χ4v) is 7.39. The summed E-state index contributed by atoms with van der Waals surface area (Å²) in [4.78, 5) is 0. The Hall–Kier alpha value is -7.39. The van der Waals surface area contributed by atoms with Crippen molar-refractivity contribution in [3.8, 4) is 51.8 Å². The number of nitriles is 3. The van der Waals surface area contributed by atoms with Crippen LogP contribution in [0.25, 0.3) is 77.2 Å². The van der Waals surface area contributed by atoms with Crippen LogP contribution in [0, 0.1) is 34.0 Å². The van der Waals surface area contributed by atoms with Crippen molar-refractivity contribution in [2.45, 2.75) is 0 Å². The zero-order valence-electron chi connectivity index (χ0n) is 26.7. The van der Waals surface area contributed by atoms with Gasteiger partial charge in [-0.3, -0.25) is 0 Å². The molecule has 0 saturated heterocycles. The molecule has 0 radical (unpaired) electrons. The quantitative estimate of drug-likeness (QED) is 0.193. The largest absolute Gasteiger partial charge is 0.309 e. The van der Waals surface area contributed by atoms with E-state index >= 15 is 0 Å². The smallest absolute Gasteiger partial charge is 0.0998 e. The Kier molecular flexibility index (Phi) is 6.56. The number of benzene rings is 7. The summed E-state index contributed by atoms with van der Waals surface area (Å²) in [5, 5.41) is 34.1. The van der Waals surface area contributed by atoms with Crippen molar-refractivity contribution in [3.63, 3.8) is 0 Å². The Morgan fingerprint density at radius 1 is 0.380 bits per heavy atom. The third kappa shape index (κ3) is 4.38. The van der Waals surface area contributed by atoms with Crippen molar-refractivity contribution in [1.82, 2.24) is 9.13 Å². The summed E-state index contributed by atoms with van der Waals surface area (Å²) in [7, 11) is 0. The molecule has 2 aromatic heterocycles. The van der Waals surface area contributed by atoms with E-state index in [0.717, 1.165) is 66.5 Å². The van der Waals surface area contributed by atoms with Gasteiger partial charge < -0.3 is 9.13 Å². The maximum atomic E-state index is 10.3. The minimum atomic E-state index is 0.559. The summed E-state index contributed by atoms with van der Waals surface area (Å²) in [6, 6.07) is 57.8. The van der Waals surface area contributed by atoms with E-state index in [1.54, 1.807) is 0 Å². The third-order valence-corrected chi connectivity index (χ3v) is 9.62. The lowest BCUT2D eigenvalue weighted by Crippen LogP contribution is -1.98. The van der Waals surface area contributed by atoms with Gasteiger partial charge in [0.15, 0.2) is 0 Å². The third-order valence-electron chi connectivity index (χ3n) is 9.62. The highest BCUT2D eigenvalue weighted by atomic mass is 15.0. The molecule has 5 nitrogen and oxygen atoms in total. The van der Waals surface area contributed by atoms with Gasteiger partial charge in [0.2, 0.25) is 0 Å². The van der Waals surface area contributed by atoms with Crippen LogP contribution in [-0.4, -0.2) is 9.13 Å². The number of para-hydroxylation sites is 3. The molecule has 0 aliphatic carbocycles. The SMILES string of the molecule is N#Cc1ccc2c(c1)c1ccc(C#N)cc1n2-c1ccccc1-c1ccc(C#N)c(-c2cccc(-n3c4ccccc4c4ccccc43)c2)c1. The standard InChI is InChI=1S/C45H25N5/c46-26-29-17-21-44-40(22-29)38-20-16-30(27-47)23-45(38)50(44)41-13-4-1-10-35(41)32-18-19-33(28-48)39(25-32)31-8-7-9-34(24-31)49-42-14-5-2-11-36(42)37-12-3-6-15-43(37)49/h1-25H. The second-order valence-electron chi connectivity index (χ2n) is 12.3. The molecule has 50 heavy (non-hydrogen) atoms. The summed E-state index contributed by atoms with van der Waals surface area (Å²) in [5.74, 6) is 0. The van der Waals surface area contributed by atoms with Gasteiger partial charge in [0.25, 0.3) is 0 Å². The molecule has 9 rings (SSSR count). The second-order valence-corrected chi connectivity index (χ2v) is 12.3. The number of aromatic nitrogens is 2. The Morgan fingerprint density at radius 2 is 1.02 bits per heavy atom. The summed E-state index contributed by atoms with van der Waals surface area (Å²) < 4.78 is 4.46. The monoisotopic (exact) mass is 635 g/mol. The topological polar surface area (TPSA) is 81.2 Å². The lowest BCUT2D eigenvalue weighted by molar-refractivity contribution is 1.18. The molecular weight excluding hydrogens is 611 g/mol. The number of fused-ring (bicyclic) bond motifs is 6. The highest BCUT2D eigenvalue weighted by Gasteiger charge is 2.18. The molecule has 0 unspecified atom stereocenters. The van der Waals surface area contributed by atoms with Crippen LogP contribution in [-0.2, 0) is 0 Å². The lowest BCUT2D eigenvalue weighted by Gasteiger charge is -2.16. The Bertz CT molecular complexity index is 2920. The van der Waals surface area contributed by atoms with E-state index in [9.17, 15) is 15.8 Å². The van der Waals surface area contributed by atoms with Crippen LogP contribution >= 0.6 is 0 Å².